The lowest BCUT2D eigenvalue weighted by molar-refractivity contribution is -0.116. The van der Waals surface area contributed by atoms with Crippen LogP contribution in [0.15, 0.2) is 54.2 Å². The van der Waals surface area contributed by atoms with Crippen molar-refractivity contribution in [2.45, 2.75) is 24.7 Å². The maximum absolute atomic E-state index is 12.5. The third-order valence-corrected chi connectivity index (χ3v) is 4.84. The third kappa shape index (κ3) is 4.64. The lowest BCUT2D eigenvalue weighted by Gasteiger charge is -2.09. The van der Waals surface area contributed by atoms with Gasteiger partial charge in [0.1, 0.15) is 24.8 Å². The van der Waals surface area contributed by atoms with Crippen LogP contribution in [-0.2, 0) is 14.8 Å². The molecule has 27 heavy (non-hydrogen) atoms. The summed E-state index contributed by atoms with van der Waals surface area (Å²) in [7, 11) is -3.85. The first-order valence-corrected chi connectivity index (χ1v) is 9.56. The number of benzene rings is 1. The van der Waals surface area contributed by atoms with Crippen LogP contribution in [0.4, 0.5) is 11.5 Å². The van der Waals surface area contributed by atoms with E-state index in [2.05, 4.69) is 30.1 Å². The van der Waals surface area contributed by atoms with E-state index in [1.54, 1.807) is 0 Å². The van der Waals surface area contributed by atoms with Gasteiger partial charge in [-0.05, 0) is 30.7 Å². The summed E-state index contributed by atoms with van der Waals surface area (Å²) in [5, 5.41) is 6.64. The number of rotatable bonds is 7. The predicted molar refractivity (Wildman–Crippen MR) is 97.7 cm³/mol. The number of hydrogen-bond acceptors (Lipinski definition) is 7. The average molecular weight is 387 g/mol. The highest BCUT2D eigenvalue weighted by Crippen LogP contribution is 2.18. The fraction of sp³-hybridized carbons (Fsp3) is 0.188. The second-order valence-corrected chi connectivity index (χ2v) is 7.21. The van der Waals surface area contributed by atoms with Gasteiger partial charge in [-0.2, -0.15) is 5.10 Å². The molecule has 0 radical (unpaired) electrons. The summed E-state index contributed by atoms with van der Waals surface area (Å²) in [5.74, 6) is 0.345. The van der Waals surface area contributed by atoms with Gasteiger partial charge in [-0.3, -0.25) is 9.52 Å². The number of amides is 1. The number of anilines is 2. The molecule has 3 rings (SSSR count). The first-order chi connectivity index (χ1) is 13.0. The van der Waals surface area contributed by atoms with E-state index in [1.807, 2.05) is 6.92 Å². The van der Waals surface area contributed by atoms with Gasteiger partial charge >= 0.3 is 0 Å². The molecule has 0 fully saturated rings. The first-order valence-electron chi connectivity index (χ1n) is 8.08. The number of nitrogens with one attached hydrogen (secondary N) is 2. The molecule has 0 unspecified atom stereocenters. The van der Waals surface area contributed by atoms with E-state index in [4.69, 9.17) is 0 Å². The van der Waals surface area contributed by atoms with E-state index in [0.717, 1.165) is 6.42 Å². The quantitative estimate of drug-likeness (QED) is 0.629. The standard InChI is InChI=1S/C16H17N7O3S/c1-2-3-16(24)21-12-4-6-13(7-5-12)27(25,26)22-14-8-15(19-10-18-14)23-11-17-9-20-23/h4-11H,2-3H2,1H3,(H,21,24)(H,18,19,22). The highest BCUT2D eigenvalue weighted by atomic mass is 32.2. The van der Waals surface area contributed by atoms with E-state index in [1.165, 1.54) is 54.0 Å². The van der Waals surface area contributed by atoms with Gasteiger partial charge < -0.3 is 5.32 Å². The molecule has 0 aliphatic rings. The number of aromatic nitrogens is 5. The minimum absolute atomic E-state index is 0.0388. The molecule has 140 valence electrons. The van der Waals surface area contributed by atoms with Crippen molar-refractivity contribution in [3.8, 4) is 5.82 Å². The SMILES string of the molecule is CCCC(=O)Nc1ccc(S(=O)(=O)Nc2cc(-n3cncn3)ncn2)cc1. The van der Waals surface area contributed by atoms with Gasteiger partial charge in [0.2, 0.25) is 5.91 Å². The van der Waals surface area contributed by atoms with Crippen LogP contribution in [0.25, 0.3) is 5.82 Å². The fourth-order valence-electron chi connectivity index (χ4n) is 2.22. The normalized spacial score (nSPS) is 11.1. The van der Waals surface area contributed by atoms with E-state index in [0.29, 0.717) is 17.9 Å². The zero-order chi connectivity index (χ0) is 19.3. The Kier molecular flexibility index (Phi) is 5.41. The molecule has 0 atom stereocenters. The lowest BCUT2D eigenvalue weighted by Crippen LogP contribution is -2.15. The Morgan fingerprint density at radius 1 is 1.15 bits per heavy atom. The fourth-order valence-corrected chi connectivity index (χ4v) is 3.22. The van der Waals surface area contributed by atoms with Crippen molar-refractivity contribution in [3.05, 3.63) is 49.3 Å². The molecule has 3 aromatic rings. The van der Waals surface area contributed by atoms with Crippen LogP contribution in [0.5, 0.6) is 0 Å². The Morgan fingerprint density at radius 3 is 2.59 bits per heavy atom. The number of carbonyl (C=O) groups is 1. The summed E-state index contributed by atoms with van der Waals surface area (Å²) >= 11 is 0. The molecular weight excluding hydrogens is 370 g/mol. The van der Waals surface area contributed by atoms with E-state index < -0.39 is 10.0 Å². The largest absolute Gasteiger partial charge is 0.326 e. The molecule has 1 amide bonds. The van der Waals surface area contributed by atoms with E-state index in [9.17, 15) is 13.2 Å². The highest BCUT2D eigenvalue weighted by Gasteiger charge is 2.16. The van der Waals surface area contributed by atoms with Gasteiger partial charge in [-0.1, -0.05) is 6.92 Å². The molecule has 11 heteroatoms. The Labute approximate surface area is 155 Å². The second kappa shape index (κ2) is 7.91. The van der Waals surface area contributed by atoms with Crippen molar-refractivity contribution >= 4 is 27.4 Å². The maximum Gasteiger partial charge on any atom is 0.263 e. The first kappa shape index (κ1) is 18.5. The highest BCUT2D eigenvalue weighted by molar-refractivity contribution is 7.92. The summed E-state index contributed by atoms with van der Waals surface area (Å²) in [4.78, 5) is 23.4. The van der Waals surface area contributed by atoms with Crippen molar-refractivity contribution in [2.24, 2.45) is 0 Å². The number of nitrogens with zero attached hydrogens (tertiary/aromatic N) is 5. The van der Waals surface area contributed by atoms with Crippen LogP contribution in [0, 0.1) is 0 Å². The van der Waals surface area contributed by atoms with Crippen LogP contribution in [-0.4, -0.2) is 39.1 Å². The van der Waals surface area contributed by atoms with Crippen LogP contribution in [0.1, 0.15) is 19.8 Å². The van der Waals surface area contributed by atoms with Crippen molar-refractivity contribution in [3.63, 3.8) is 0 Å². The summed E-state index contributed by atoms with van der Waals surface area (Å²) < 4.78 is 28.9. The van der Waals surface area contributed by atoms with Gasteiger partial charge in [-0.25, -0.2) is 28.1 Å². The molecule has 10 nitrogen and oxygen atoms in total. The smallest absolute Gasteiger partial charge is 0.263 e. The molecule has 0 aliphatic heterocycles. The summed E-state index contributed by atoms with van der Waals surface area (Å²) in [6, 6.07) is 7.31. The molecule has 0 aliphatic carbocycles. The van der Waals surface area contributed by atoms with Gasteiger partial charge in [-0.15, -0.1) is 0 Å². The number of hydrogen-bond donors (Lipinski definition) is 2. The number of sulfonamides is 1. The van der Waals surface area contributed by atoms with Crippen molar-refractivity contribution in [1.82, 2.24) is 24.7 Å². The van der Waals surface area contributed by atoms with Gasteiger partial charge in [0.25, 0.3) is 10.0 Å². The molecule has 2 aromatic heterocycles. The monoisotopic (exact) mass is 387 g/mol. The van der Waals surface area contributed by atoms with Crippen molar-refractivity contribution < 1.29 is 13.2 Å². The summed E-state index contributed by atoms with van der Waals surface area (Å²) in [6.07, 6.45) is 5.14. The lowest BCUT2D eigenvalue weighted by atomic mass is 10.3. The molecule has 1 aromatic carbocycles. The second-order valence-electron chi connectivity index (χ2n) is 5.53. The summed E-state index contributed by atoms with van der Waals surface area (Å²) in [6.45, 7) is 1.91. The Bertz CT molecular complexity index is 1020. The number of carbonyl (C=O) groups excluding carboxylic acids is 1. The molecule has 0 bridgehead atoms. The average Bonchev–Trinajstić information content (AvgIpc) is 3.17. The Morgan fingerprint density at radius 2 is 1.93 bits per heavy atom. The predicted octanol–water partition coefficient (Wildman–Crippen LogP) is 1.60. The Hall–Kier alpha value is -3.34. The van der Waals surface area contributed by atoms with Crippen LogP contribution < -0.4 is 10.0 Å². The molecule has 0 spiro atoms. The zero-order valence-electron chi connectivity index (χ0n) is 14.4. The van der Waals surface area contributed by atoms with Crippen LogP contribution in [0.2, 0.25) is 0 Å². The zero-order valence-corrected chi connectivity index (χ0v) is 15.2. The van der Waals surface area contributed by atoms with Gasteiger partial charge in [0, 0.05) is 18.2 Å². The molecule has 2 heterocycles. The van der Waals surface area contributed by atoms with Gasteiger partial charge in [0.05, 0.1) is 4.90 Å². The maximum atomic E-state index is 12.5. The van der Waals surface area contributed by atoms with E-state index in [-0.39, 0.29) is 16.6 Å². The van der Waals surface area contributed by atoms with Crippen LogP contribution in [0.3, 0.4) is 0 Å². The van der Waals surface area contributed by atoms with Crippen molar-refractivity contribution in [1.29, 1.82) is 0 Å². The van der Waals surface area contributed by atoms with Gasteiger partial charge in [0.15, 0.2) is 5.82 Å². The Balaban J connectivity index is 1.75. The van der Waals surface area contributed by atoms with Crippen LogP contribution >= 0.6 is 0 Å². The van der Waals surface area contributed by atoms with Crippen molar-refractivity contribution in [2.75, 3.05) is 10.0 Å². The molecule has 0 saturated heterocycles. The minimum atomic E-state index is -3.85. The topological polar surface area (TPSA) is 132 Å². The molecule has 2 N–H and O–H groups in total. The summed E-state index contributed by atoms with van der Waals surface area (Å²) in [5.41, 5.74) is 0.530. The molecular formula is C16H17N7O3S. The third-order valence-electron chi connectivity index (χ3n) is 3.47. The van der Waals surface area contributed by atoms with E-state index >= 15 is 0 Å². The molecule has 0 saturated carbocycles. The minimum Gasteiger partial charge on any atom is -0.326 e.